The van der Waals surface area contributed by atoms with Crippen molar-refractivity contribution in [2.45, 2.75) is 37.4 Å². The fraction of sp³-hybridized carbons (Fsp3) is 0.207. The van der Waals surface area contributed by atoms with Crippen LogP contribution in [-0.4, -0.2) is 34.7 Å². The maximum atomic E-state index is 13.8. The van der Waals surface area contributed by atoms with E-state index in [1.807, 2.05) is 42.5 Å². The Morgan fingerprint density at radius 3 is 2.05 bits per heavy atom. The Bertz CT molecular complexity index is 1290. The van der Waals surface area contributed by atoms with Crippen molar-refractivity contribution in [1.29, 1.82) is 0 Å². The molecule has 0 aromatic heterocycles. The van der Waals surface area contributed by atoms with E-state index < -0.39 is 59.8 Å². The molecule has 1 aliphatic rings. The molecule has 0 aliphatic carbocycles. The average Bonchev–Trinajstić information content (AvgIpc) is 3.03. The number of carbonyl (C=O) groups is 3. The van der Waals surface area contributed by atoms with Crippen LogP contribution in [0.2, 0.25) is 0 Å². The zero-order chi connectivity index (χ0) is 26.5. The second-order valence-electron chi connectivity index (χ2n) is 9.01. The summed E-state index contributed by atoms with van der Waals surface area (Å²) in [6, 6.07) is 18.2. The number of rotatable bonds is 6. The largest absolute Gasteiger partial charge is 0.344 e. The number of nitrogens with zero attached hydrogens (tertiary/aromatic N) is 1. The zero-order valence-corrected chi connectivity index (χ0v) is 20.2. The second kappa shape index (κ2) is 11.3. The van der Waals surface area contributed by atoms with Gasteiger partial charge in [-0.3, -0.25) is 19.3 Å². The lowest BCUT2D eigenvalue weighted by Gasteiger charge is -2.34. The molecule has 3 amide bonds. The first-order valence-electron chi connectivity index (χ1n) is 11.9. The van der Waals surface area contributed by atoms with Gasteiger partial charge in [0.25, 0.3) is 0 Å². The number of halogens is 2. The highest BCUT2D eigenvalue weighted by Crippen LogP contribution is 2.31. The summed E-state index contributed by atoms with van der Waals surface area (Å²) in [4.78, 5) is 41.5. The number of carbonyl (C=O) groups excluding carboxylic acids is 3. The standard InChI is InChI=1S/C29H27F2N3O3/c1-18(32)29(37)34(26(35)16-19-14-22(30)17-23(31)15-19)27-24(20-8-4-2-5-9-20)12-13-25(33-28(27)36)21-10-6-3-7-11-21/h2-15,17-18,24-25,27H,16,32H2,1H3,(H,33,36)/t18-,24+,25+,27-/m0/s1. The van der Waals surface area contributed by atoms with Crippen molar-refractivity contribution in [3.63, 3.8) is 0 Å². The van der Waals surface area contributed by atoms with E-state index in [1.165, 1.54) is 6.92 Å². The Balaban J connectivity index is 1.78. The van der Waals surface area contributed by atoms with Gasteiger partial charge in [0.15, 0.2) is 0 Å². The first-order chi connectivity index (χ1) is 17.7. The molecule has 190 valence electrons. The fourth-order valence-electron chi connectivity index (χ4n) is 4.49. The molecule has 0 spiro atoms. The summed E-state index contributed by atoms with van der Waals surface area (Å²) in [6.07, 6.45) is 3.13. The maximum absolute atomic E-state index is 13.8. The van der Waals surface area contributed by atoms with E-state index in [1.54, 1.807) is 30.3 Å². The van der Waals surface area contributed by atoms with Gasteiger partial charge in [-0.2, -0.15) is 0 Å². The Kier molecular flexibility index (Phi) is 7.89. The Hall–Kier alpha value is -4.17. The quantitative estimate of drug-likeness (QED) is 0.501. The van der Waals surface area contributed by atoms with Crippen molar-refractivity contribution in [2.24, 2.45) is 5.73 Å². The SMILES string of the molecule is C[C@H](N)C(=O)N(C(=O)Cc1cc(F)cc(F)c1)[C@@H]1C(=O)N[C@@H](c2ccccc2)C=C[C@@H]1c1ccccc1. The molecule has 3 aromatic rings. The lowest BCUT2D eigenvalue weighted by molar-refractivity contribution is -0.152. The highest BCUT2D eigenvalue weighted by Gasteiger charge is 2.42. The molecule has 4 atom stereocenters. The van der Waals surface area contributed by atoms with Crippen LogP contribution in [0.1, 0.15) is 35.6 Å². The van der Waals surface area contributed by atoms with Crippen LogP contribution in [0.4, 0.5) is 8.78 Å². The van der Waals surface area contributed by atoms with Gasteiger partial charge in [-0.15, -0.1) is 0 Å². The van der Waals surface area contributed by atoms with E-state index >= 15 is 0 Å². The molecule has 0 radical (unpaired) electrons. The zero-order valence-electron chi connectivity index (χ0n) is 20.2. The van der Waals surface area contributed by atoms with Crippen LogP contribution in [0, 0.1) is 11.6 Å². The highest BCUT2D eigenvalue weighted by atomic mass is 19.1. The van der Waals surface area contributed by atoms with E-state index in [2.05, 4.69) is 5.32 Å². The molecule has 0 saturated heterocycles. The molecule has 37 heavy (non-hydrogen) atoms. The van der Waals surface area contributed by atoms with Gasteiger partial charge in [-0.25, -0.2) is 8.78 Å². The van der Waals surface area contributed by atoms with Gasteiger partial charge in [-0.1, -0.05) is 72.8 Å². The third-order valence-electron chi connectivity index (χ3n) is 6.21. The molecule has 0 bridgehead atoms. The van der Waals surface area contributed by atoms with Crippen molar-refractivity contribution < 1.29 is 23.2 Å². The van der Waals surface area contributed by atoms with Crippen molar-refractivity contribution in [2.75, 3.05) is 0 Å². The summed E-state index contributed by atoms with van der Waals surface area (Å²) < 4.78 is 27.6. The molecule has 4 rings (SSSR count). The van der Waals surface area contributed by atoms with Crippen LogP contribution in [0.25, 0.3) is 0 Å². The summed E-state index contributed by atoms with van der Waals surface area (Å²) in [5.41, 5.74) is 7.47. The molecular weight excluding hydrogens is 476 g/mol. The number of nitrogens with two attached hydrogens (primary N) is 1. The van der Waals surface area contributed by atoms with Crippen LogP contribution in [0.15, 0.2) is 91.0 Å². The third kappa shape index (κ3) is 5.98. The number of imide groups is 1. The number of benzene rings is 3. The number of hydrogen-bond donors (Lipinski definition) is 2. The molecular formula is C29H27F2N3O3. The monoisotopic (exact) mass is 503 g/mol. The topological polar surface area (TPSA) is 92.5 Å². The summed E-state index contributed by atoms with van der Waals surface area (Å²) in [5.74, 6) is -4.51. The van der Waals surface area contributed by atoms with Gasteiger partial charge in [-0.05, 0) is 35.7 Å². The van der Waals surface area contributed by atoms with Crippen molar-refractivity contribution >= 4 is 17.7 Å². The third-order valence-corrected chi connectivity index (χ3v) is 6.21. The van der Waals surface area contributed by atoms with Gasteiger partial charge >= 0.3 is 0 Å². The second-order valence-corrected chi connectivity index (χ2v) is 9.01. The first kappa shape index (κ1) is 25.9. The summed E-state index contributed by atoms with van der Waals surface area (Å²) in [6.45, 7) is 1.42. The van der Waals surface area contributed by atoms with Crippen molar-refractivity contribution in [3.8, 4) is 0 Å². The molecule has 3 aromatic carbocycles. The first-order valence-corrected chi connectivity index (χ1v) is 11.9. The van der Waals surface area contributed by atoms with E-state index in [9.17, 15) is 23.2 Å². The minimum Gasteiger partial charge on any atom is -0.344 e. The fourth-order valence-corrected chi connectivity index (χ4v) is 4.49. The Morgan fingerprint density at radius 1 is 0.919 bits per heavy atom. The van der Waals surface area contributed by atoms with Crippen molar-refractivity contribution in [1.82, 2.24) is 10.2 Å². The Labute approximate surface area is 213 Å². The maximum Gasteiger partial charge on any atom is 0.246 e. The molecule has 8 heteroatoms. The van der Waals surface area contributed by atoms with Gasteiger partial charge in [0, 0.05) is 12.0 Å². The summed E-state index contributed by atoms with van der Waals surface area (Å²) in [5, 5.41) is 2.92. The summed E-state index contributed by atoms with van der Waals surface area (Å²) in [7, 11) is 0. The number of hydrogen-bond acceptors (Lipinski definition) is 4. The van der Waals surface area contributed by atoms with E-state index in [0.29, 0.717) is 11.6 Å². The molecule has 3 N–H and O–H groups in total. The van der Waals surface area contributed by atoms with Gasteiger partial charge in [0.1, 0.15) is 17.7 Å². The molecule has 0 saturated carbocycles. The minimum absolute atomic E-state index is 0.0352. The van der Waals surface area contributed by atoms with Crippen LogP contribution in [-0.2, 0) is 20.8 Å². The molecule has 0 unspecified atom stereocenters. The lowest BCUT2D eigenvalue weighted by atomic mass is 9.89. The van der Waals surface area contributed by atoms with Crippen LogP contribution in [0.3, 0.4) is 0 Å². The molecule has 1 aliphatic heterocycles. The summed E-state index contributed by atoms with van der Waals surface area (Å²) >= 11 is 0. The van der Waals surface area contributed by atoms with Gasteiger partial charge in [0.2, 0.25) is 17.7 Å². The highest BCUT2D eigenvalue weighted by molar-refractivity contribution is 6.03. The van der Waals surface area contributed by atoms with Crippen molar-refractivity contribution in [3.05, 3.63) is 119 Å². The van der Waals surface area contributed by atoms with E-state index in [0.717, 1.165) is 22.6 Å². The average molecular weight is 504 g/mol. The Morgan fingerprint density at radius 2 is 1.49 bits per heavy atom. The van der Waals surface area contributed by atoms with Gasteiger partial charge in [0.05, 0.1) is 18.5 Å². The smallest absolute Gasteiger partial charge is 0.246 e. The lowest BCUT2D eigenvalue weighted by Crippen LogP contribution is -2.58. The predicted octanol–water partition coefficient (Wildman–Crippen LogP) is 3.79. The van der Waals surface area contributed by atoms with E-state index in [4.69, 9.17) is 5.73 Å². The molecule has 0 fully saturated rings. The number of amides is 3. The predicted molar refractivity (Wildman–Crippen MR) is 135 cm³/mol. The van der Waals surface area contributed by atoms with Gasteiger partial charge < -0.3 is 11.1 Å². The van der Waals surface area contributed by atoms with Crippen LogP contribution in [0.5, 0.6) is 0 Å². The normalized spacial score (nSPS) is 20.0. The van der Waals surface area contributed by atoms with E-state index in [-0.39, 0.29) is 5.56 Å². The molecule has 6 nitrogen and oxygen atoms in total. The number of nitrogens with one attached hydrogen (secondary N) is 1. The molecule has 1 heterocycles. The van der Waals surface area contributed by atoms with Crippen LogP contribution >= 0.6 is 0 Å². The van der Waals surface area contributed by atoms with Crippen LogP contribution < -0.4 is 11.1 Å². The minimum atomic E-state index is -1.28.